The quantitative estimate of drug-likeness (QED) is 0.256. The van der Waals surface area contributed by atoms with Crippen molar-refractivity contribution < 1.29 is 0 Å². The fourth-order valence-corrected chi connectivity index (χ4v) is 7.69. The molecular formula is C34H30N4. The number of piperazine rings is 2. The van der Waals surface area contributed by atoms with E-state index in [1.54, 1.807) is 0 Å². The summed E-state index contributed by atoms with van der Waals surface area (Å²) in [4.78, 5) is 10.4. The molecule has 4 nitrogen and oxygen atoms in total. The van der Waals surface area contributed by atoms with Crippen LogP contribution < -0.4 is 19.6 Å². The van der Waals surface area contributed by atoms with Crippen LogP contribution in [-0.4, -0.2) is 52.4 Å². The summed E-state index contributed by atoms with van der Waals surface area (Å²) in [6, 6.07) is 32.1. The number of fused-ring (bicyclic) bond motifs is 6. The average Bonchev–Trinajstić information content (AvgIpc) is 3.01. The Kier molecular flexibility index (Phi) is 4.20. The van der Waals surface area contributed by atoms with Crippen molar-refractivity contribution in [2.24, 2.45) is 0 Å². The second-order valence-electron chi connectivity index (χ2n) is 11.1. The molecule has 5 aromatic carbocycles. The first-order valence-electron chi connectivity index (χ1n) is 14.1. The van der Waals surface area contributed by atoms with Gasteiger partial charge in [-0.15, -0.1) is 0 Å². The van der Waals surface area contributed by atoms with Gasteiger partial charge in [0.05, 0.1) is 22.7 Å². The molecule has 11 rings (SSSR count). The van der Waals surface area contributed by atoms with Crippen LogP contribution in [0.2, 0.25) is 0 Å². The summed E-state index contributed by atoms with van der Waals surface area (Å²) in [6.45, 7) is 8.96. The van der Waals surface area contributed by atoms with Gasteiger partial charge in [-0.1, -0.05) is 72.8 Å². The van der Waals surface area contributed by atoms with Gasteiger partial charge < -0.3 is 19.6 Å². The smallest absolute Gasteiger partial charge is 0.0685 e. The highest BCUT2D eigenvalue weighted by Crippen LogP contribution is 2.52. The predicted octanol–water partition coefficient (Wildman–Crippen LogP) is 6.61. The van der Waals surface area contributed by atoms with Crippen molar-refractivity contribution in [1.29, 1.82) is 0 Å². The molecule has 0 amide bonds. The van der Waals surface area contributed by atoms with E-state index in [-0.39, 0.29) is 0 Å². The molecule has 0 aromatic heterocycles. The third kappa shape index (κ3) is 2.70. The molecule has 0 N–H and O–H groups in total. The number of anilines is 4. The largest absolute Gasteiger partial charge is 0.366 e. The molecule has 6 aliphatic rings. The van der Waals surface area contributed by atoms with E-state index in [9.17, 15) is 0 Å². The van der Waals surface area contributed by atoms with Gasteiger partial charge in [-0.25, -0.2) is 0 Å². The Morgan fingerprint density at radius 2 is 0.684 bits per heavy atom. The topological polar surface area (TPSA) is 13.0 Å². The van der Waals surface area contributed by atoms with Crippen molar-refractivity contribution in [1.82, 2.24) is 0 Å². The summed E-state index contributed by atoms with van der Waals surface area (Å²) in [6.07, 6.45) is 0. The van der Waals surface area contributed by atoms with E-state index in [1.165, 1.54) is 66.5 Å². The molecule has 2 fully saturated rings. The maximum Gasteiger partial charge on any atom is 0.0685 e. The van der Waals surface area contributed by atoms with Crippen LogP contribution in [-0.2, 0) is 0 Å². The zero-order chi connectivity index (χ0) is 24.8. The Bertz CT molecular complexity index is 1570. The van der Waals surface area contributed by atoms with Gasteiger partial charge in [0, 0.05) is 63.5 Å². The van der Waals surface area contributed by atoms with Gasteiger partial charge in [-0.05, 0) is 44.8 Å². The fourth-order valence-electron chi connectivity index (χ4n) is 7.69. The molecule has 0 saturated carbocycles. The summed E-state index contributed by atoms with van der Waals surface area (Å²) in [5.74, 6) is 0. The number of nitrogens with zero attached hydrogens (tertiary/aromatic N) is 4. The molecule has 6 aliphatic heterocycles. The summed E-state index contributed by atoms with van der Waals surface area (Å²) in [7, 11) is 0. The maximum absolute atomic E-state index is 2.62. The van der Waals surface area contributed by atoms with E-state index in [4.69, 9.17) is 0 Å². The number of hydrogen-bond acceptors (Lipinski definition) is 4. The minimum Gasteiger partial charge on any atom is -0.366 e. The van der Waals surface area contributed by atoms with Gasteiger partial charge in [0.25, 0.3) is 0 Å². The van der Waals surface area contributed by atoms with Crippen LogP contribution in [0.25, 0.3) is 43.8 Å². The van der Waals surface area contributed by atoms with Crippen molar-refractivity contribution >= 4 is 44.3 Å². The van der Waals surface area contributed by atoms with Crippen LogP contribution in [0.1, 0.15) is 0 Å². The average molecular weight is 495 g/mol. The zero-order valence-corrected chi connectivity index (χ0v) is 21.5. The van der Waals surface area contributed by atoms with Gasteiger partial charge in [-0.3, -0.25) is 0 Å². The summed E-state index contributed by atoms with van der Waals surface area (Å²) in [5.41, 5.74) is 11.1. The van der Waals surface area contributed by atoms with Gasteiger partial charge >= 0.3 is 0 Å². The third-order valence-corrected chi connectivity index (χ3v) is 9.37. The van der Waals surface area contributed by atoms with Crippen molar-refractivity contribution in [2.45, 2.75) is 0 Å². The first-order valence-corrected chi connectivity index (χ1v) is 14.1. The Labute approximate surface area is 223 Å². The first kappa shape index (κ1) is 20.8. The lowest BCUT2D eigenvalue weighted by molar-refractivity contribution is 0.625. The third-order valence-electron chi connectivity index (χ3n) is 9.37. The van der Waals surface area contributed by atoms with Crippen LogP contribution in [0.3, 0.4) is 0 Å². The Balaban J connectivity index is 1.40. The number of hydrogen-bond donors (Lipinski definition) is 0. The lowest BCUT2D eigenvalue weighted by Gasteiger charge is -2.46. The lowest BCUT2D eigenvalue weighted by atomic mass is 9.84. The van der Waals surface area contributed by atoms with E-state index in [1.807, 2.05) is 0 Å². The lowest BCUT2D eigenvalue weighted by Crippen LogP contribution is -2.51. The van der Waals surface area contributed by atoms with Crippen LogP contribution in [0.4, 0.5) is 22.7 Å². The molecule has 186 valence electrons. The van der Waals surface area contributed by atoms with Gasteiger partial charge in [0.2, 0.25) is 0 Å². The SMILES string of the molecule is c1cc(-c2c3ccccc3c(-c3cccc4c3N3CCN4CC3)c3ccccc23)c2c(c1)N1CCN2CC1. The van der Waals surface area contributed by atoms with E-state index in [2.05, 4.69) is 105 Å². The fraction of sp³-hybridized carbons (Fsp3) is 0.235. The Morgan fingerprint density at radius 3 is 1.05 bits per heavy atom. The van der Waals surface area contributed by atoms with Crippen LogP contribution in [0.15, 0.2) is 84.9 Å². The molecule has 4 heteroatoms. The number of benzene rings is 5. The van der Waals surface area contributed by atoms with E-state index >= 15 is 0 Å². The molecule has 0 spiro atoms. The van der Waals surface area contributed by atoms with Crippen molar-refractivity contribution in [3.8, 4) is 22.3 Å². The second kappa shape index (κ2) is 7.67. The molecule has 6 heterocycles. The monoisotopic (exact) mass is 494 g/mol. The molecular weight excluding hydrogens is 464 g/mol. The normalized spacial score (nSPS) is 17.5. The summed E-state index contributed by atoms with van der Waals surface area (Å²) < 4.78 is 0. The Morgan fingerprint density at radius 1 is 0.342 bits per heavy atom. The van der Waals surface area contributed by atoms with Gasteiger partial charge in [0.1, 0.15) is 0 Å². The molecule has 38 heavy (non-hydrogen) atoms. The van der Waals surface area contributed by atoms with Crippen molar-refractivity contribution in [2.75, 3.05) is 72.0 Å². The number of para-hydroxylation sites is 2. The van der Waals surface area contributed by atoms with Crippen LogP contribution in [0, 0.1) is 0 Å². The standard InChI is InChI=1S/C34H30N4/c1-2-8-24-23(7-1)31(27-11-5-13-29-33(27)37-19-15-35(29)16-20-37)25-9-3-4-10-26(25)32(24)28-12-6-14-30-34(28)38-21-17-36(30)18-22-38/h1-14H,15-22H2. The van der Waals surface area contributed by atoms with Gasteiger partial charge in [0.15, 0.2) is 0 Å². The summed E-state index contributed by atoms with van der Waals surface area (Å²) in [5, 5.41) is 5.39. The highest BCUT2D eigenvalue weighted by molar-refractivity contribution is 6.24. The van der Waals surface area contributed by atoms with Crippen molar-refractivity contribution in [3.63, 3.8) is 0 Å². The van der Waals surface area contributed by atoms with E-state index in [0.717, 1.165) is 52.4 Å². The number of rotatable bonds is 2. The molecule has 2 saturated heterocycles. The van der Waals surface area contributed by atoms with Crippen LogP contribution >= 0.6 is 0 Å². The van der Waals surface area contributed by atoms with Gasteiger partial charge in [-0.2, -0.15) is 0 Å². The molecule has 0 aliphatic carbocycles. The van der Waals surface area contributed by atoms with Crippen molar-refractivity contribution in [3.05, 3.63) is 84.9 Å². The molecule has 5 aromatic rings. The Hall–Kier alpha value is -4.18. The summed E-state index contributed by atoms with van der Waals surface area (Å²) >= 11 is 0. The van der Waals surface area contributed by atoms with E-state index < -0.39 is 0 Å². The predicted molar refractivity (Wildman–Crippen MR) is 161 cm³/mol. The highest BCUT2D eigenvalue weighted by atomic mass is 15.3. The molecule has 4 bridgehead atoms. The minimum absolute atomic E-state index is 1.11. The molecule has 0 unspecified atom stereocenters. The zero-order valence-electron chi connectivity index (χ0n) is 21.5. The first-order chi connectivity index (χ1) is 18.9. The second-order valence-corrected chi connectivity index (χ2v) is 11.1. The molecule has 0 radical (unpaired) electrons. The van der Waals surface area contributed by atoms with Crippen LogP contribution in [0.5, 0.6) is 0 Å². The van der Waals surface area contributed by atoms with E-state index in [0.29, 0.717) is 0 Å². The minimum atomic E-state index is 1.11. The molecule has 0 atom stereocenters. The highest BCUT2D eigenvalue weighted by Gasteiger charge is 2.33. The maximum atomic E-state index is 2.62.